The predicted octanol–water partition coefficient (Wildman–Crippen LogP) is 2.47. The molecule has 0 saturated heterocycles. The number of para-hydroxylation sites is 1. The number of nitrogens with zero attached hydrogens (tertiary/aromatic N) is 1. The highest BCUT2D eigenvalue weighted by atomic mass is 32.2. The van der Waals surface area contributed by atoms with Crippen LogP contribution in [0.5, 0.6) is 5.75 Å². The van der Waals surface area contributed by atoms with E-state index in [2.05, 4.69) is 5.32 Å². The Morgan fingerprint density at radius 3 is 2.52 bits per heavy atom. The summed E-state index contributed by atoms with van der Waals surface area (Å²) in [4.78, 5) is 25.3. The molecule has 1 rings (SSSR count). The Morgan fingerprint density at radius 1 is 1.30 bits per heavy atom. The number of rotatable bonds is 8. The van der Waals surface area contributed by atoms with E-state index in [1.165, 1.54) is 16.7 Å². The Bertz CT molecular complexity index is 534. The quantitative estimate of drug-likeness (QED) is 0.791. The van der Waals surface area contributed by atoms with Gasteiger partial charge in [-0.25, -0.2) is 0 Å². The predicted molar refractivity (Wildman–Crippen MR) is 94.8 cm³/mol. The van der Waals surface area contributed by atoms with Crippen LogP contribution in [0, 0.1) is 0 Å². The van der Waals surface area contributed by atoms with Crippen LogP contribution in [0.15, 0.2) is 24.3 Å². The van der Waals surface area contributed by atoms with Gasteiger partial charge >= 0.3 is 0 Å². The van der Waals surface area contributed by atoms with Gasteiger partial charge in [-0.2, -0.15) is 11.8 Å². The van der Waals surface area contributed by atoms with Crippen molar-refractivity contribution in [2.24, 2.45) is 0 Å². The average Bonchev–Trinajstić information content (AvgIpc) is 2.56. The molecular weight excluding hydrogens is 312 g/mol. The van der Waals surface area contributed by atoms with Gasteiger partial charge < -0.3 is 15.0 Å². The molecule has 2 atom stereocenters. The van der Waals surface area contributed by atoms with Crippen molar-refractivity contribution in [1.29, 1.82) is 0 Å². The summed E-state index contributed by atoms with van der Waals surface area (Å²) >= 11 is 1.51. The van der Waals surface area contributed by atoms with Gasteiger partial charge in [-0.15, -0.1) is 0 Å². The number of hydrogen-bond donors (Lipinski definition) is 1. The highest BCUT2D eigenvalue weighted by molar-refractivity contribution is 7.99. The third kappa shape index (κ3) is 5.78. The van der Waals surface area contributed by atoms with Crippen LogP contribution in [0.25, 0.3) is 0 Å². The molecule has 5 nitrogen and oxygen atoms in total. The van der Waals surface area contributed by atoms with Gasteiger partial charge in [0.15, 0.2) is 6.61 Å². The second-order valence-electron chi connectivity index (χ2n) is 5.46. The van der Waals surface area contributed by atoms with E-state index in [1.54, 1.807) is 14.1 Å². The fourth-order valence-corrected chi connectivity index (χ4v) is 2.25. The molecule has 0 aromatic heterocycles. The Morgan fingerprint density at radius 2 is 1.96 bits per heavy atom. The van der Waals surface area contributed by atoms with Crippen LogP contribution in [0.1, 0.15) is 31.9 Å². The number of nitrogens with one attached hydrogen (secondary N) is 1. The lowest BCUT2D eigenvalue weighted by Gasteiger charge is -2.22. The van der Waals surface area contributed by atoms with Crippen LogP contribution in [0.4, 0.5) is 0 Å². The zero-order valence-electron chi connectivity index (χ0n) is 14.5. The summed E-state index contributed by atoms with van der Waals surface area (Å²) in [5.41, 5.74) is 0.892. The van der Waals surface area contributed by atoms with Crippen molar-refractivity contribution in [1.82, 2.24) is 10.2 Å². The van der Waals surface area contributed by atoms with Crippen LogP contribution in [0.3, 0.4) is 0 Å². The highest BCUT2D eigenvalue weighted by Crippen LogP contribution is 2.27. The van der Waals surface area contributed by atoms with Crippen LogP contribution in [0.2, 0.25) is 0 Å². The Balaban J connectivity index is 2.88. The molecule has 23 heavy (non-hydrogen) atoms. The Kier molecular flexibility index (Phi) is 7.95. The molecule has 0 aliphatic rings. The van der Waals surface area contributed by atoms with Gasteiger partial charge in [0, 0.05) is 19.7 Å². The van der Waals surface area contributed by atoms with Gasteiger partial charge in [-0.05, 0) is 25.7 Å². The maximum atomic E-state index is 12.1. The molecule has 1 aromatic rings. The number of hydrogen-bond acceptors (Lipinski definition) is 4. The van der Waals surface area contributed by atoms with E-state index in [9.17, 15) is 9.59 Å². The van der Waals surface area contributed by atoms with E-state index < -0.39 is 0 Å². The SMILES string of the molecule is CC[C@@H](NC(=O)[C@H](C)SC)c1ccccc1OCC(=O)N(C)C. The molecule has 128 valence electrons. The third-order valence-electron chi connectivity index (χ3n) is 3.59. The van der Waals surface area contributed by atoms with Crippen molar-refractivity contribution >= 4 is 23.6 Å². The van der Waals surface area contributed by atoms with E-state index >= 15 is 0 Å². The molecule has 0 saturated carbocycles. The third-order valence-corrected chi connectivity index (χ3v) is 4.51. The molecular formula is C17H26N2O3S. The van der Waals surface area contributed by atoms with Gasteiger partial charge in [0.1, 0.15) is 5.75 Å². The summed E-state index contributed by atoms with van der Waals surface area (Å²) in [6.07, 6.45) is 2.66. The van der Waals surface area contributed by atoms with Gasteiger partial charge in [-0.3, -0.25) is 9.59 Å². The lowest BCUT2D eigenvalue weighted by molar-refractivity contribution is -0.130. The Hall–Kier alpha value is -1.69. The van der Waals surface area contributed by atoms with Crippen molar-refractivity contribution in [2.45, 2.75) is 31.6 Å². The molecule has 0 radical (unpaired) electrons. The lowest BCUT2D eigenvalue weighted by atomic mass is 10.0. The summed E-state index contributed by atoms with van der Waals surface area (Å²) in [7, 11) is 3.38. The minimum absolute atomic E-state index is 0.00326. The molecule has 1 N–H and O–H groups in total. The van der Waals surface area contributed by atoms with E-state index in [0.717, 1.165) is 12.0 Å². The fraction of sp³-hybridized carbons (Fsp3) is 0.529. The molecule has 2 amide bonds. The van der Waals surface area contributed by atoms with E-state index in [1.807, 2.05) is 44.4 Å². The largest absolute Gasteiger partial charge is 0.483 e. The van der Waals surface area contributed by atoms with Crippen LogP contribution >= 0.6 is 11.8 Å². The first-order chi connectivity index (χ1) is 10.9. The molecule has 0 aliphatic heterocycles. The van der Waals surface area contributed by atoms with Gasteiger partial charge in [0.2, 0.25) is 5.91 Å². The number of benzene rings is 1. The maximum Gasteiger partial charge on any atom is 0.259 e. The molecule has 1 aromatic carbocycles. The van der Waals surface area contributed by atoms with Crippen molar-refractivity contribution in [3.63, 3.8) is 0 Å². The molecule has 0 aliphatic carbocycles. The Labute approximate surface area is 142 Å². The number of likely N-dealkylation sites (N-methyl/N-ethyl adjacent to an activating group) is 1. The second-order valence-corrected chi connectivity index (χ2v) is 6.64. The number of amides is 2. The normalized spacial score (nSPS) is 13.1. The lowest BCUT2D eigenvalue weighted by Crippen LogP contribution is -2.34. The van der Waals surface area contributed by atoms with Gasteiger partial charge in [-0.1, -0.05) is 25.1 Å². The molecule has 6 heteroatoms. The number of ether oxygens (including phenoxy) is 1. The summed E-state index contributed by atoms with van der Waals surface area (Å²) in [6.45, 7) is 3.87. The number of carbonyl (C=O) groups excluding carboxylic acids is 2. The highest BCUT2D eigenvalue weighted by Gasteiger charge is 2.20. The van der Waals surface area contributed by atoms with Crippen LogP contribution in [-0.2, 0) is 9.59 Å². The zero-order valence-corrected chi connectivity index (χ0v) is 15.3. The summed E-state index contributed by atoms with van der Waals surface area (Å²) in [5.74, 6) is 0.531. The molecule has 0 heterocycles. The first kappa shape index (κ1) is 19.4. The van der Waals surface area contributed by atoms with Crippen molar-refractivity contribution in [3.8, 4) is 5.75 Å². The molecule has 0 bridgehead atoms. The molecule has 0 spiro atoms. The topological polar surface area (TPSA) is 58.6 Å². The van der Waals surface area contributed by atoms with E-state index in [4.69, 9.17) is 4.74 Å². The van der Waals surface area contributed by atoms with E-state index in [0.29, 0.717) is 5.75 Å². The minimum Gasteiger partial charge on any atom is -0.483 e. The van der Waals surface area contributed by atoms with Crippen LogP contribution in [-0.4, -0.2) is 48.9 Å². The fourth-order valence-electron chi connectivity index (χ4n) is 1.96. The monoisotopic (exact) mass is 338 g/mol. The first-order valence-electron chi connectivity index (χ1n) is 7.65. The summed E-state index contributed by atoms with van der Waals surface area (Å²) in [5, 5.41) is 2.95. The first-order valence-corrected chi connectivity index (χ1v) is 8.94. The smallest absolute Gasteiger partial charge is 0.259 e. The standard InChI is InChI=1S/C17H26N2O3S/c1-6-14(18-17(21)12(2)23-5)13-9-7-8-10-15(13)22-11-16(20)19(3)4/h7-10,12,14H,6,11H2,1-5H3,(H,18,21)/t12-,14+/m0/s1. The second kappa shape index (κ2) is 9.45. The molecule has 0 unspecified atom stereocenters. The molecule has 0 fully saturated rings. The van der Waals surface area contributed by atoms with E-state index in [-0.39, 0.29) is 29.7 Å². The summed E-state index contributed by atoms with van der Waals surface area (Å²) < 4.78 is 5.66. The minimum atomic E-state index is -0.136. The number of carbonyl (C=O) groups is 2. The van der Waals surface area contributed by atoms with Crippen molar-refractivity contribution in [3.05, 3.63) is 29.8 Å². The maximum absolute atomic E-state index is 12.1. The van der Waals surface area contributed by atoms with Crippen LogP contribution < -0.4 is 10.1 Å². The average molecular weight is 338 g/mol. The van der Waals surface area contributed by atoms with Crippen molar-refractivity contribution < 1.29 is 14.3 Å². The zero-order chi connectivity index (χ0) is 17.4. The van der Waals surface area contributed by atoms with Crippen molar-refractivity contribution in [2.75, 3.05) is 27.0 Å². The number of thioether (sulfide) groups is 1. The van der Waals surface area contributed by atoms with Gasteiger partial charge in [0.05, 0.1) is 11.3 Å². The summed E-state index contributed by atoms with van der Waals surface area (Å²) in [6, 6.07) is 7.38. The van der Waals surface area contributed by atoms with Gasteiger partial charge in [0.25, 0.3) is 5.91 Å².